The maximum absolute atomic E-state index is 12.2. The Balaban J connectivity index is 2.60. The fraction of sp³-hybridized carbons (Fsp3) is 0.438. The highest BCUT2D eigenvalue weighted by Gasteiger charge is 2.27. The first-order valence-electron chi connectivity index (χ1n) is 7.58. The van der Waals surface area contributed by atoms with Gasteiger partial charge in [-0.25, -0.2) is 4.79 Å². The lowest BCUT2D eigenvalue weighted by Gasteiger charge is -2.23. The minimum absolute atomic E-state index is 0.0955. The lowest BCUT2D eigenvalue weighted by Crippen LogP contribution is -3.17. The van der Waals surface area contributed by atoms with Crippen molar-refractivity contribution in [3.05, 3.63) is 24.3 Å². The lowest BCUT2D eigenvalue weighted by molar-refractivity contribution is -0.904. The van der Waals surface area contributed by atoms with E-state index in [-0.39, 0.29) is 12.5 Å². The molecular formula is C16H24N3O5+. The molecule has 0 bridgehead atoms. The standard InChI is InChI=1S/C16H23N3O5/c1-5-19(11(2)15(21)18-16(22)24-4)10-14(20)17-12-6-8-13(23-3)9-7-12/h6-9,11H,5,10H2,1-4H3,(H,17,20)(H,18,21,22)/p+1/t11-/m0/s1. The van der Waals surface area contributed by atoms with Crippen molar-refractivity contribution in [1.29, 1.82) is 0 Å². The van der Waals surface area contributed by atoms with Gasteiger partial charge in [0, 0.05) is 5.69 Å². The van der Waals surface area contributed by atoms with Crippen molar-refractivity contribution < 1.29 is 28.8 Å². The van der Waals surface area contributed by atoms with E-state index < -0.39 is 18.0 Å². The van der Waals surface area contributed by atoms with Crippen LogP contribution in [0.15, 0.2) is 24.3 Å². The van der Waals surface area contributed by atoms with Crippen molar-refractivity contribution in [3.8, 4) is 5.75 Å². The third kappa shape index (κ3) is 5.88. The van der Waals surface area contributed by atoms with Crippen LogP contribution in [0, 0.1) is 0 Å². The molecule has 0 saturated heterocycles. The van der Waals surface area contributed by atoms with Crippen LogP contribution in [0.2, 0.25) is 0 Å². The average Bonchev–Trinajstić information content (AvgIpc) is 2.59. The van der Waals surface area contributed by atoms with Gasteiger partial charge < -0.3 is 19.7 Å². The first-order valence-corrected chi connectivity index (χ1v) is 7.58. The number of carbonyl (C=O) groups is 3. The molecule has 132 valence electrons. The van der Waals surface area contributed by atoms with Gasteiger partial charge in [0.15, 0.2) is 12.6 Å². The van der Waals surface area contributed by atoms with Crippen molar-refractivity contribution in [3.63, 3.8) is 0 Å². The summed E-state index contributed by atoms with van der Waals surface area (Å²) >= 11 is 0. The van der Waals surface area contributed by atoms with E-state index in [1.54, 1.807) is 38.3 Å². The maximum atomic E-state index is 12.2. The van der Waals surface area contributed by atoms with Gasteiger partial charge in [0.05, 0.1) is 20.8 Å². The number of imide groups is 1. The van der Waals surface area contributed by atoms with Gasteiger partial charge in [0.1, 0.15) is 5.75 Å². The maximum Gasteiger partial charge on any atom is 0.413 e. The highest BCUT2D eigenvalue weighted by Crippen LogP contribution is 2.14. The second-order valence-corrected chi connectivity index (χ2v) is 5.17. The number of benzene rings is 1. The minimum Gasteiger partial charge on any atom is -0.497 e. The van der Waals surface area contributed by atoms with Gasteiger partial charge in [-0.15, -0.1) is 0 Å². The number of likely N-dealkylation sites (N-methyl/N-ethyl adjacent to an activating group) is 1. The van der Waals surface area contributed by atoms with E-state index in [2.05, 4.69) is 15.4 Å². The molecule has 1 aromatic carbocycles. The lowest BCUT2D eigenvalue weighted by atomic mass is 10.2. The first-order chi connectivity index (χ1) is 11.4. The van der Waals surface area contributed by atoms with Crippen LogP contribution < -0.4 is 20.3 Å². The zero-order chi connectivity index (χ0) is 18.1. The van der Waals surface area contributed by atoms with E-state index in [1.165, 1.54) is 7.11 Å². The van der Waals surface area contributed by atoms with Gasteiger partial charge >= 0.3 is 6.09 Å². The molecule has 0 spiro atoms. The van der Waals surface area contributed by atoms with Crippen molar-refractivity contribution in [2.24, 2.45) is 0 Å². The molecule has 3 amide bonds. The van der Waals surface area contributed by atoms with Crippen LogP contribution in [-0.2, 0) is 14.3 Å². The molecule has 8 heteroatoms. The molecule has 8 nitrogen and oxygen atoms in total. The fourth-order valence-corrected chi connectivity index (χ4v) is 2.12. The Kier molecular flexibility index (Phi) is 7.70. The summed E-state index contributed by atoms with van der Waals surface area (Å²) in [6, 6.07) is 6.38. The molecule has 0 aliphatic heterocycles. The molecule has 0 radical (unpaired) electrons. The summed E-state index contributed by atoms with van der Waals surface area (Å²) in [6.07, 6.45) is -0.815. The Labute approximate surface area is 141 Å². The van der Waals surface area contributed by atoms with Crippen molar-refractivity contribution in [1.82, 2.24) is 5.32 Å². The van der Waals surface area contributed by atoms with Crippen LogP contribution in [0.5, 0.6) is 5.75 Å². The number of hydrogen-bond donors (Lipinski definition) is 3. The van der Waals surface area contributed by atoms with Gasteiger partial charge in [-0.05, 0) is 38.1 Å². The van der Waals surface area contributed by atoms with E-state index in [0.717, 1.165) is 4.90 Å². The van der Waals surface area contributed by atoms with Gasteiger partial charge in [-0.2, -0.15) is 0 Å². The average molecular weight is 338 g/mol. The molecule has 0 fully saturated rings. The van der Waals surface area contributed by atoms with E-state index in [0.29, 0.717) is 18.0 Å². The Hall–Kier alpha value is -2.61. The first kappa shape index (κ1) is 19.4. The molecule has 0 aliphatic rings. The summed E-state index contributed by atoms with van der Waals surface area (Å²) in [5.74, 6) is -0.0207. The third-order valence-corrected chi connectivity index (χ3v) is 3.63. The predicted octanol–water partition coefficient (Wildman–Crippen LogP) is -0.190. The molecule has 0 saturated carbocycles. The summed E-state index contributed by atoms with van der Waals surface area (Å²) in [5.41, 5.74) is 0.642. The van der Waals surface area contributed by atoms with Crippen LogP contribution in [0.4, 0.5) is 10.5 Å². The summed E-state index contributed by atoms with van der Waals surface area (Å²) in [5, 5.41) is 4.88. The molecule has 2 atom stereocenters. The smallest absolute Gasteiger partial charge is 0.413 e. The van der Waals surface area contributed by atoms with Crippen LogP contribution in [0.25, 0.3) is 0 Å². The van der Waals surface area contributed by atoms with Crippen LogP contribution in [0.3, 0.4) is 0 Å². The molecular weight excluding hydrogens is 314 g/mol. The van der Waals surface area contributed by atoms with E-state index >= 15 is 0 Å². The van der Waals surface area contributed by atoms with E-state index in [1.807, 2.05) is 6.92 Å². The third-order valence-electron chi connectivity index (χ3n) is 3.63. The Bertz CT molecular complexity index is 574. The highest BCUT2D eigenvalue weighted by atomic mass is 16.5. The van der Waals surface area contributed by atoms with Gasteiger partial charge in [0.2, 0.25) is 0 Å². The number of quaternary nitrogens is 1. The number of amides is 3. The second-order valence-electron chi connectivity index (χ2n) is 5.17. The zero-order valence-corrected chi connectivity index (χ0v) is 14.3. The number of alkyl carbamates (subject to hydrolysis) is 1. The molecule has 1 unspecified atom stereocenters. The summed E-state index contributed by atoms with van der Waals surface area (Å²) in [6.45, 7) is 4.15. The number of hydrogen-bond acceptors (Lipinski definition) is 5. The van der Waals surface area contributed by atoms with Gasteiger partial charge in [-0.3, -0.25) is 14.9 Å². The molecule has 3 N–H and O–H groups in total. The number of nitrogens with one attached hydrogen (secondary N) is 3. The summed E-state index contributed by atoms with van der Waals surface area (Å²) in [7, 11) is 2.75. The largest absolute Gasteiger partial charge is 0.497 e. The molecule has 1 rings (SSSR count). The summed E-state index contributed by atoms with van der Waals surface area (Å²) in [4.78, 5) is 35.9. The van der Waals surface area contributed by atoms with Crippen LogP contribution in [-0.4, -0.2) is 51.3 Å². The minimum atomic E-state index is -0.815. The quantitative estimate of drug-likeness (QED) is 0.640. The van der Waals surface area contributed by atoms with Crippen molar-refractivity contribution >= 4 is 23.6 Å². The van der Waals surface area contributed by atoms with Crippen LogP contribution in [0.1, 0.15) is 13.8 Å². The number of anilines is 1. The van der Waals surface area contributed by atoms with Crippen molar-refractivity contribution in [2.45, 2.75) is 19.9 Å². The molecule has 0 aliphatic carbocycles. The Morgan fingerprint density at radius 2 is 1.79 bits per heavy atom. The normalized spacial score (nSPS) is 12.7. The van der Waals surface area contributed by atoms with Crippen molar-refractivity contribution in [2.75, 3.05) is 32.6 Å². The molecule has 0 aromatic heterocycles. The zero-order valence-electron chi connectivity index (χ0n) is 14.3. The van der Waals surface area contributed by atoms with Gasteiger partial charge in [-0.1, -0.05) is 0 Å². The topological polar surface area (TPSA) is 98.2 Å². The SMILES string of the molecule is CC[NH+](CC(=O)Nc1ccc(OC)cc1)[C@@H](C)C(=O)NC(=O)OC. The van der Waals surface area contributed by atoms with E-state index in [9.17, 15) is 14.4 Å². The number of rotatable bonds is 7. The van der Waals surface area contributed by atoms with Gasteiger partial charge in [0.25, 0.3) is 11.8 Å². The highest BCUT2D eigenvalue weighted by molar-refractivity contribution is 5.94. The number of ether oxygens (including phenoxy) is 2. The Morgan fingerprint density at radius 3 is 2.29 bits per heavy atom. The predicted molar refractivity (Wildman–Crippen MR) is 88.0 cm³/mol. The Morgan fingerprint density at radius 1 is 1.17 bits per heavy atom. The van der Waals surface area contributed by atoms with Crippen LogP contribution >= 0.6 is 0 Å². The van der Waals surface area contributed by atoms with E-state index in [4.69, 9.17) is 4.74 Å². The summed E-state index contributed by atoms with van der Waals surface area (Å²) < 4.78 is 9.45. The monoisotopic (exact) mass is 338 g/mol. The molecule has 0 heterocycles. The number of carbonyl (C=O) groups excluding carboxylic acids is 3. The fourth-order valence-electron chi connectivity index (χ4n) is 2.12. The molecule has 24 heavy (non-hydrogen) atoms. The second kappa shape index (κ2) is 9.51. The molecule has 1 aromatic rings. The number of methoxy groups -OCH3 is 2.